The number of nitrogens with one attached hydrogen (secondary N) is 1. The first-order valence-electron chi connectivity index (χ1n) is 5.93. The van der Waals surface area contributed by atoms with Crippen LogP contribution in [0, 0.1) is 0 Å². The predicted octanol–water partition coefficient (Wildman–Crippen LogP) is 4.10. The fourth-order valence-corrected chi connectivity index (χ4v) is 2.58. The van der Waals surface area contributed by atoms with Crippen molar-refractivity contribution in [2.75, 3.05) is 7.05 Å². The van der Waals surface area contributed by atoms with Gasteiger partial charge in [-0.3, -0.25) is 0 Å². The monoisotopic (exact) mass is 235 g/mol. The SMILES string of the molecule is CNC(C1=CCCCC1)c1cccc(Cl)c1. The van der Waals surface area contributed by atoms with Crippen LogP contribution in [0.4, 0.5) is 0 Å². The van der Waals surface area contributed by atoms with Crippen LogP contribution in [0.15, 0.2) is 35.9 Å². The van der Waals surface area contributed by atoms with Gasteiger partial charge in [0.1, 0.15) is 0 Å². The van der Waals surface area contributed by atoms with Crippen LogP contribution < -0.4 is 5.32 Å². The minimum Gasteiger partial charge on any atom is -0.310 e. The van der Waals surface area contributed by atoms with E-state index in [1.807, 2.05) is 19.2 Å². The molecule has 1 aromatic rings. The average molecular weight is 236 g/mol. The lowest BCUT2D eigenvalue weighted by atomic mass is 9.90. The Kier molecular flexibility index (Phi) is 4.03. The highest BCUT2D eigenvalue weighted by Gasteiger charge is 2.16. The molecule has 2 rings (SSSR count). The summed E-state index contributed by atoms with van der Waals surface area (Å²) in [6.07, 6.45) is 7.44. The molecular formula is C14H18ClN. The van der Waals surface area contributed by atoms with Gasteiger partial charge in [-0.1, -0.05) is 35.4 Å². The van der Waals surface area contributed by atoms with Gasteiger partial charge in [0.25, 0.3) is 0 Å². The lowest BCUT2D eigenvalue weighted by Gasteiger charge is -2.23. The molecule has 2 heteroatoms. The van der Waals surface area contributed by atoms with Crippen molar-refractivity contribution in [3.05, 3.63) is 46.5 Å². The van der Waals surface area contributed by atoms with E-state index in [1.54, 1.807) is 0 Å². The molecule has 16 heavy (non-hydrogen) atoms. The maximum Gasteiger partial charge on any atom is 0.0534 e. The van der Waals surface area contributed by atoms with Crippen LogP contribution in [-0.4, -0.2) is 7.05 Å². The molecule has 1 atom stereocenters. The van der Waals surface area contributed by atoms with Crippen LogP contribution in [0.25, 0.3) is 0 Å². The van der Waals surface area contributed by atoms with Crippen LogP contribution in [-0.2, 0) is 0 Å². The van der Waals surface area contributed by atoms with Crippen LogP contribution in [0.3, 0.4) is 0 Å². The van der Waals surface area contributed by atoms with E-state index < -0.39 is 0 Å². The lowest BCUT2D eigenvalue weighted by Crippen LogP contribution is -2.19. The third-order valence-corrected chi connectivity index (χ3v) is 3.40. The second kappa shape index (κ2) is 5.51. The molecule has 0 bridgehead atoms. The van der Waals surface area contributed by atoms with Crippen LogP contribution in [0.5, 0.6) is 0 Å². The Hall–Kier alpha value is -0.790. The number of hydrogen-bond acceptors (Lipinski definition) is 1. The predicted molar refractivity (Wildman–Crippen MR) is 69.8 cm³/mol. The fourth-order valence-electron chi connectivity index (χ4n) is 2.38. The zero-order chi connectivity index (χ0) is 11.4. The molecule has 0 fully saturated rings. The van der Waals surface area contributed by atoms with E-state index in [-0.39, 0.29) is 0 Å². The normalized spacial score (nSPS) is 18.0. The van der Waals surface area contributed by atoms with Crippen molar-refractivity contribution in [1.29, 1.82) is 0 Å². The summed E-state index contributed by atoms with van der Waals surface area (Å²) in [5, 5.41) is 4.20. The van der Waals surface area contributed by atoms with Gasteiger partial charge in [0.15, 0.2) is 0 Å². The fraction of sp³-hybridized carbons (Fsp3) is 0.429. The quantitative estimate of drug-likeness (QED) is 0.778. The molecule has 0 heterocycles. The summed E-state index contributed by atoms with van der Waals surface area (Å²) in [4.78, 5) is 0. The van der Waals surface area contributed by atoms with Crippen molar-refractivity contribution >= 4 is 11.6 Å². The van der Waals surface area contributed by atoms with Gasteiger partial charge >= 0.3 is 0 Å². The van der Waals surface area contributed by atoms with Gasteiger partial charge in [0, 0.05) is 5.02 Å². The first-order valence-corrected chi connectivity index (χ1v) is 6.30. The number of hydrogen-bond donors (Lipinski definition) is 1. The first-order chi connectivity index (χ1) is 7.81. The van der Waals surface area contributed by atoms with Crippen molar-refractivity contribution in [1.82, 2.24) is 5.32 Å². The molecular weight excluding hydrogens is 218 g/mol. The number of rotatable bonds is 3. The summed E-state index contributed by atoms with van der Waals surface area (Å²) in [7, 11) is 2.01. The molecule has 0 amide bonds. The Morgan fingerprint density at radius 1 is 1.31 bits per heavy atom. The first kappa shape index (κ1) is 11.7. The van der Waals surface area contributed by atoms with Gasteiger partial charge in [-0.25, -0.2) is 0 Å². The zero-order valence-corrected chi connectivity index (χ0v) is 10.4. The summed E-state index contributed by atoms with van der Waals surface area (Å²) < 4.78 is 0. The lowest BCUT2D eigenvalue weighted by molar-refractivity contribution is 0.593. The molecule has 0 aromatic heterocycles. The van der Waals surface area contributed by atoms with Crippen molar-refractivity contribution in [3.8, 4) is 0 Å². The molecule has 1 unspecified atom stereocenters. The Morgan fingerprint density at radius 3 is 2.81 bits per heavy atom. The maximum atomic E-state index is 6.04. The van der Waals surface area contributed by atoms with E-state index in [0.717, 1.165) is 5.02 Å². The van der Waals surface area contributed by atoms with Gasteiger partial charge in [0.2, 0.25) is 0 Å². The smallest absolute Gasteiger partial charge is 0.0534 e. The topological polar surface area (TPSA) is 12.0 Å². The molecule has 1 nitrogen and oxygen atoms in total. The van der Waals surface area contributed by atoms with Gasteiger partial charge in [-0.05, 0) is 50.4 Å². The Bertz CT molecular complexity index is 384. The molecule has 1 N–H and O–H groups in total. The van der Waals surface area contributed by atoms with Crippen LogP contribution >= 0.6 is 11.6 Å². The van der Waals surface area contributed by atoms with Crippen molar-refractivity contribution < 1.29 is 0 Å². The van der Waals surface area contributed by atoms with Crippen molar-refractivity contribution in [3.63, 3.8) is 0 Å². The largest absolute Gasteiger partial charge is 0.310 e. The molecule has 1 aliphatic rings. The number of halogens is 1. The summed E-state index contributed by atoms with van der Waals surface area (Å²) in [6, 6.07) is 8.47. The molecule has 0 spiro atoms. The minimum absolute atomic E-state index is 0.332. The summed E-state index contributed by atoms with van der Waals surface area (Å²) in [5.41, 5.74) is 2.78. The standard InChI is InChI=1S/C14H18ClN/c1-16-14(11-6-3-2-4-7-11)12-8-5-9-13(15)10-12/h5-6,8-10,14,16H,2-4,7H2,1H3. The van der Waals surface area contributed by atoms with Gasteiger partial charge in [-0.15, -0.1) is 0 Å². The third kappa shape index (κ3) is 2.66. The second-order valence-corrected chi connectivity index (χ2v) is 4.74. The van der Waals surface area contributed by atoms with Gasteiger partial charge < -0.3 is 5.32 Å². The van der Waals surface area contributed by atoms with E-state index >= 15 is 0 Å². The molecule has 0 aliphatic heterocycles. The zero-order valence-electron chi connectivity index (χ0n) is 9.67. The Balaban J connectivity index is 2.25. The van der Waals surface area contributed by atoms with Gasteiger partial charge in [-0.2, -0.15) is 0 Å². The van der Waals surface area contributed by atoms with E-state index in [0.29, 0.717) is 6.04 Å². The highest BCUT2D eigenvalue weighted by Crippen LogP contribution is 2.30. The number of allylic oxidation sites excluding steroid dienone is 1. The molecule has 0 radical (unpaired) electrons. The van der Waals surface area contributed by atoms with E-state index in [4.69, 9.17) is 11.6 Å². The molecule has 1 aliphatic carbocycles. The molecule has 0 saturated heterocycles. The summed E-state index contributed by atoms with van der Waals surface area (Å²) >= 11 is 6.04. The number of likely N-dealkylation sites (N-methyl/N-ethyl adjacent to an activating group) is 1. The highest BCUT2D eigenvalue weighted by atomic mass is 35.5. The number of benzene rings is 1. The minimum atomic E-state index is 0.332. The van der Waals surface area contributed by atoms with Crippen LogP contribution in [0.1, 0.15) is 37.3 Å². The molecule has 1 aromatic carbocycles. The Morgan fingerprint density at radius 2 is 2.19 bits per heavy atom. The summed E-state index contributed by atoms with van der Waals surface area (Å²) in [5.74, 6) is 0. The molecule has 0 saturated carbocycles. The van der Waals surface area contributed by atoms with Crippen LogP contribution in [0.2, 0.25) is 5.02 Å². The van der Waals surface area contributed by atoms with E-state index in [1.165, 1.54) is 36.8 Å². The van der Waals surface area contributed by atoms with E-state index in [9.17, 15) is 0 Å². The van der Waals surface area contributed by atoms with E-state index in [2.05, 4.69) is 23.5 Å². The molecule has 86 valence electrons. The second-order valence-electron chi connectivity index (χ2n) is 4.30. The highest BCUT2D eigenvalue weighted by molar-refractivity contribution is 6.30. The summed E-state index contributed by atoms with van der Waals surface area (Å²) in [6.45, 7) is 0. The van der Waals surface area contributed by atoms with Crippen molar-refractivity contribution in [2.24, 2.45) is 0 Å². The third-order valence-electron chi connectivity index (χ3n) is 3.17. The van der Waals surface area contributed by atoms with Gasteiger partial charge in [0.05, 0.1) is 6.04 Å². The maximum absolute atomic E-state index is 6.04. The van der Waals surface area contributed by atoms with Crippen molar-refractivity contribution in [2.45, 2.75) is 31.7 Å². The Labute approximate surface area is 103 Å². The average Bonchev–Trinajstić information content (AvgIpc) is 2.31.